The quantitative estimate of drug-likeness (QED) is 0.477. The van der Waals surface area contributed by atoms with Crippen LogP contribution in [0.5, 0.6) is 5.75 Å². The van der Waals surface area contributed by atoms with Gasteiger partial charge in [0.05, 0.1) is 4.92 Å². The Bertz CT molecular complexity index is 652. The fraction of sp³-hybridized carbons (Fsp3) is 0.133. The molecule has 0 saturated carbocycles. The molecule has 0 heterocycles. The lowest BCUT2D eigenvalue weighted by molar-refractivity contribution is -0.384. The van der Waals surface area contributed by atoms with E-state index in [1.54, 1.807) is 31.2 Å². The number of ether oxygens (including phenoxy) is 1. The standard InChI is InChI=1S/C15H12ClNO4/c1-10(15(18)11-2-4-12(16)5-3-11)21-14-8-6-13(7-9-14)17(19)20/h2-10H,1H3/t10-/m0/s1. The predicted octanol–water partition coefficient (Wildman–Crippen LogP) is 3.90. The summed E-state index contributed by atoms with van der Waals surface area (Å²) in [4.78, 5) is 22.2. The Labute approximate surface area is 126 Å². The van der Waals surface area contributed by atoms with Crippen LogP contribution < -0.4 is 4.74 Å². The molecule has 0 aromatic heterocycles. The van der Waals surface area contributed by atoms with E-state index in [1.807, 2.05) is 0 Å². The topological polar surface area (TPSA) is 69.4 Å². The molecule has 0 aliphatic carbocycles. The number of ketones is 1. The SMILES string of the molecule is C[C@H](Oc1ccc([N+](=O)[O-])cc1)C(=O)c1ccc(Cl)cc1. The molecular formula is C15H12ClNO4. The highest BCUT2D eigenvalue weighted by atomic mass is 35.5. The number of hydrogen-bond acceptors (Lipinski definition) is 4. The van der Waals surface area contributed by atoms with Gasteiger partial charge in [0.2, 0.25) is 5.78 Å². The number of nitro benzene ring substituents is 1. The van der Waals surface area contributed by atoms with Crippen LogP contribution in [-0.2, 0) is 0 Å². The molecule has 0 saturated heterocycles. The van der Waals surface area contributed by atoms with Gasteiger partial charge in [-0.1, -0.05) is 11.6 Å². The molecule has 0 fully saturated rings. The van der Waals surface area contributed by atoms with Crippen molar-refractivity contribution in [3.05, 3.63) is 69.2 Å². The van der Waals surface area contributed by atoms with Crippen LogP contribution in [0.3, 0.4) is 0 Å². The number of Topliss-reactive ketones (excluding diaryl/α,β-unsaturated/α-hetero) is 1. The van der Waals surface area contributed by atoms with Crippen molar-refractivity contribution in [1.29, 1.82) is 0 Å². The van der Waals surface area contributed by atoms with Crippen LogP contribution in [0.2, 0.25) is 5.02 Å². The molecule has 108 valence electrons. The van der Waals surface area contributed by atoms with E-state index >= 15 is 0 Å². The van der Waals surface area contributed by atoms with Crippen molar-refractivity contribution < 1.29 is 14.5 Å². The maximum Gasteiger partial charge on any atom is 0.269 e. The molecule has 0 spiro atoms. The van der Waals surface area contributed by atoms with Crippen molar-refractivity contribution in [3.63, 3.8) is 0 Å². The number of hydrogen-bond donors (Lipinski definition) is 0. The van der Waals surface area contributed by atoms with Gasteiger partial charge in [-0.15, -0.1) is 0 Å². The van der Waals surface area contributed by atoms with E-state index in [0.29, 0.717) is 16.3 Å². The minimum atomic E-state index is -0.701. The Balaban J connectivity index is 2.06. The molecule has 0 aliphatic heterocycles. The van der Waals surface area contributed by atoms with E-state index in [0.717, 1.165) is 0 Å². The number of rotatable bonds is 5. The van der Waals surface area contributed by atoms with Gasteiger partial charge in [-0.2, -0.15) is 0 Å². The average molecular weight is 306 g/mol. The molecule has 2 rings (SSSR count). The number of carbonyl (C=O) groups is 1. The lowest BCUT2D eigenvalue weighted by Crippen LogP contribution is -2.23. The van der Waals surface area contributed by atoms with E-state index < -0.39 is 11.0 Å². The van der Waals surface area contributed by atoms with Gasteiger partial charge in [0.15, 0.2) is 6.10 Å². The zero-order chi connectivity index (χ0) is 15.4. The molecule has 0 N–H and O–H groups in total. The normalized spacial score (nSPS) is 11.7. The number of benzene rings is 2. The number of non-ortho nitro benzene ring substituents is 1. The maximum atomic E-state index is 12.2. The largest absolute Gasteiger partial charge is 0.483 e. The van der Waals surface area contributed by atoms with Gasteiger partial charge in [0, 0.05) is 22.7 Å². The number of nitrogens with zero attached hydrogens (tertiary/aromatic N) is 1. The highest BCUT2D eigenvalue weighted by molar-refractivity contribution is 6.30. The number of nitro groups is 1. The fourth-order valence-electron chi connectivity index (χ4n) is 1.75. The van der Waals surface area contributed by atoms with Gasteiger partial charge in [-0.25, -0.2) is 0 Å². The van der Waals surface area contributed by atoms with Crippen LogP contribution >= 0.6 is 11.6 Å². The zero-order valence-electron chi connectivity index (χ0n) is 11.2. The fourth-order valence-corrected chi connectivity index (χ4v) is 1.88. The van der Waals surface area contributed by atoms with E-state index in [9.17, 15) is 14.9 Å². The van der Waals surface area contributed by atoms with Crippen molar-refractivity contribution >= 4 is 23.1 Å². The summed E-state index contributed by atoms with van der Waals surface area (Å²) >= 11 is 5.77. The monoisotopic (exact) mass is 305 g/mol. The molecule has 0 unspecified atom stereocenters. The van der Waals surface area contributed by atoms with Crippen LogP contribution in [0.15, 0.2) is 48.5 Å². The molecule has 0 amide bonds. The smallest absolute Gasteiger partial charge is 0.269 e. The van der Waals surface area contributed by atoms with Crippen LogP contribution in [0, 0.1) is 10.1 Å². The van der Waals surface area contributed by atoms with Gasteiger partial charge >= 0.3 is 0 Å². The van der Waals surface area contributed by atoms with Gasteiger partial charge in [-0.05, 0) is 43.3 Å². The Hall–Kier alpha value is -2.40. The summed E-state index contributed by atoms with van der Waals surface area (Å²) in [6.45, 7) is 1.62. The number of carbonyl (C=O) groups excluding carboxylic acids is 1. The third kappa shape index (κ3) is 3.79. The van der Waals surface area contributed by atoms with Crippen molar-refractivity contribution in [3.8, 4) is 5.75 Å². The molecule has 0 bridgehead atoms. The number of halogens is 1. The first-order valence-electron chi connectivity index (χ1n) is 6.18. The third-order valence-electron chi connectivity index (χ3n) is 2.86. The molecule has 2 aromatic carbocycles. The Morgan fingerprint density at radius 1 is 1.14 bits per heavy atom. The first kappa shape index (κ1) is 15.0. The molecule has 5 nitrogen and oxygen atoms in total. The molecule has 2 aromatic rings. The molecular weight excluding hydrogens is 294 g/mol. The molecule has 1 atom stereocenters. The lowest BCUT2D eigenvalue weighted by atomic mass is 10.1. The van der Waals surface area contributed by atoms with E-state index in [4.69, 9.17) is 16.3 Å². The summed E-state index contributed by atoms with van der Waals surface area (Å²) in [7, 11) is 0. The van der Waals surface area contributed by atoms with Crippen molar-refractivity contribution in [2.75, 3.05) is 0 Å². The Kier molecular flexibility index (Phi) is 4.55. The summed E-state index contributed by atoms with van der Waals surface area (Å²) in [5.74, 6) is 0.209. The Morgan fingerprint density at radius 3 is 2.24 bits per heavy atom. The van der Waals surface area contributed by atoms with E-state index in [2.05, 4.69) is 0 Å². The summed E-state index contributed by atoms with van der Waals surface area (Å²) in [5.41, 5.74) is 0.466. The van der Waals surface area contributed by atoms with Crippen LogP contribution in [0.1, 0.15) is 17.3 Å². The van der Waals surface area contributed by atoms with E-state index in [-0.39, 0.29) is 11.5 Å². The van der Waals surface area contributed by atoms with Gasteiger partial charge in [-0.3, -0.25) is 14.9 Å². The van der Waals surface area contributed by atoms with Crippen molar-refractivity contribution in [1.82, 2.24) is 0 Å². The maximum absolute atomic E-state index is 12.2. The second-order valence-electron chi connectivity index (χ2n) is 4.38. The van der Waals surface area contributed by atoms with E-state index in [1.165, 1.54) is 24.3 Å². The molecule has 0 radical (unpaired) electrons. The minimum Gasteiger partial charge on any atom is -0.483 e. The van der Waals surface area contributed by atoms with Crippen molar-refractivity contribution in [2.24, 2.45) is 0 Å². The van der Waals surface area contributed by atoms with Gasteiger partial charge in [0.1, 0.15) is 5.75 Å². The predicted molar refractivity (Wildman–Crippen MR) is 79.0 cm³/mol. The van der Waals surface area contributed by atoms with Crippen molar-refractivity contribution in [2.45, 2.75) is 13.0 Å². The molecule has 21 heavy (non-hydrogen) atoms. The lowest BCUT2D eigenvalue weighted by Gasteiger charge is -2.13. The molecule has 0 aliphatic rings. The average Bonchev–Trinajstić information content (AvgIpc) is 2.47. The zero-order valence-corrected chi connectivity index (χ0v) is 11.9. The third-order valence-corrected chi connectivity index (χ3v) is 3.11. The van der Waals surface area contributed by atoms with Crippen LogP contribution in [0.25, 0.3) is 0 Å². The first-order chi connectivity index (χ1) is 9.97. The van der Waals surface area contributed by atoms with Gasteiger partial charge < -0.3 is 4.74 Å². The summed E-state index contributed by atoms with van der Waals surface area (Å²) in [6, 6.07) is 12.1. The first-order valence-corrected chi connectivity index (χ1v) is 6.56. The highest BCUT2D eigenvalue weighted by Gasteiger charge is 2.17. The summed E-state index contributed by atoms with van der Waals surface area (Å²) in [6.07, 6.45) is -0.701. The minimum absolute atomic E-state index is 0.0287. The van der Waals surface area contributed by atoms with Crippen LogP contribution in [0.4, 0.5) is 5.69 Å². The second-order valence-corrected chi connectivity index (χ2v) is 4.82. The Morgan fingerprint density at radius 2 is 1.71 bits per heavy atom. The van der Waals surface area contributed by atoms with Crippen LogP contribution in [-0.4, -0.2) is 16.8 Å². The van der Waals surface area contributed by atoms with Gasteiger partial charge in [0.25, 0.3) is 5.69 Å². The molecule has 6 heteroatoms. The summed E-state index contributed by atoms with van der Waals surface area (Å²) < 4.78 is 5.49. The summed E-state index contributed by atoms with van der Waals surface area (Å²) in [5, 5.41) is 11.1. The second kappa shape index (κ2) is 6.37. The highest BCUT2D eigenvalue weighted by Crippen LogP contribution is 2.19.